The van der Waals surface area contributed by atoms with Crippen LogP contribution < -0.4 is 4.90 Å². The molecule has 1 N–H and O–H groups in total. The van der Waals surface area contributed by atoms with E-state index >= 15 is 0 Å². The fourth-order valence-corrected chi connectivity index (χ4v) is 6.06. The summed E-state index contributed by atoms with van der Waals surface area (Å²) in [5, 5.41) is 16.7. The van der Waals surface area contributed by atoms with Crippen LogP contribution in [0.25, 0.3) is 21.9 Å². The van der Waals surface area contributed by atoms with E-state index in [9.17, 15) is 14.7 Å². The van der Waals surface area contributed by atoms with Crippen LogP contribution in [0.5, 0.6) is 0 Å². The highest BCUT2D eigenvalue weighted by Gasteiger charge is 2.38. The largest absolute Gasteiger partial charge is 0.477 e. The van der Waals surface area contributed by atoms with E-state index < -0.39 is 5.97 Å². The number of thiazole rings is 1. The van der Waals surface area contributed by atoms with Crippen molar-refractivity contribution < 1.29 is 19.4 Å². The second kappa shape index (κ2) is 9.75. The van der Waals surface area contributed by atoms with Gasteiger partial charge in [-0.3, -0.25) is 14.1 Å². The Morgan fingerprint density at radius 2 is 1.89 bits per heavy atom. The summed E-state index contributed by atoms with van der Waals surface area (Å²) in [7, 11) is 0. The van der Waals surface area contributed by atoms with E-state index in [0.717, 1.165) is 41.9 Å². The highest BCUT2D eigenvalue weighted by molar-refractivity contribution is 7.15. The molecule has 0 spiro atoms. The van der Waals surface area contributed by atoms with Crippen molar-refractivity contribution in [1.82, 2.24) is 19.2 Å². The van der Waals surface area contributed by atoms with Gasteiger partial charge in [-0.15, -0.1) is 16.4 Å². The maximum Gasteiger partial charge on any atom is 0.341 e. The van der Waals surface area contributed by atoms with E-state index in [1.54, 1.807) is 20.9 Å². The molecule has 0 radical (unpaired) electrons. The number of carboxylic acid groups (broad SMARTS) is 1. The molecule has 192 valence electrons. The number of imidazole rings is 1. The summed E-state index contributed by atoms with van der Waals surface area (Å²) in [6.07, 6.45) is 9.77. The zero-order valence-corrected chi connectivity index (χ0v) is 21.4. The van der Waals surface area contributed by atoms with Crippen LogP contribution in [0.1, 0.15) is 49.4 Å². The summed E-state index contributed by atoms with van der Waals surface area (Å²) >= 11 is 1.58. The molecular formula is C27H29N5O4S. The molecule has 10 heteroatoms. The first kappa shape index (κ1) is 23.9. The molecule has 37 heavy (non-hydrogen) atoms. The van der Waals surface area contributed by atoms with Crippen molar-refractivity contribution in [2.75, 3.05) is 18.1 Å². The molecule has 6 rings (SSSR count). The number of amides is 1. The van der Waals surface area contributed by atoms with Gasteiger partial charge in [0.2, 0.25) is 5.91 Å². The normalized spacial score (nSPS) is 21.9. The minimum absolute atomic E-state index is 0.0165. The van der Waals surface area contributed by atoms with Gasteiger partial charge in [0.25, 0.3) is 0 Å². The lowest BCUT2D eigenvalue weighted by molar-refractivity contribution is -0.124. The van der Waals surface area contributed by atoms with E-state index in [1.165, 1.54) is 6.20 Å². The molecule has 1 saturated heterocycles. The topological polar surface area (TPSA) is 102 Å². The average Bonchev–Trinajstić information content (AvgIpc) is 3.69. The lowest BCUT2D eigenvalue weighted by Gasteiger charge is -2.33. The molecular weight excluding hydrogens is 490 g/mol. The standard InChI is InChI=1S/C27H29N5O4S/c1-17-2-4-19(5-3-17)25(33)32(21-10-12-36-16-21)24-22(26(34)35)14-31(29-24)20-8-6-18(7-9-20)23-15-30-11-13-37-27(30)28-23/h6-9,11,13-15,17,19,21H,2-5,10,12,16H2,1H3,(H,34,35). The van der Waals surface area contributed by atoms with Gasteiger partial charge in [-0.25, -0.2) is 14.5 Å². The van der Waals surface area contributed by atoms with Gasteiger partial charge < -0.3 is 9.84 Å². The van der Waals surface area contributed by atoms with Crippen molar-refractivity contribution in [2.24, 2.45) is 11.8 Å². The molecule has 0 bridgehead atoms. The second-order valence-electron chi connectivity index (χ2n) is 10.1. The molecule has 1 unspecified atom stereocenters. The molecule has 3 aromatic heterocycles. The number of nitrogens with zero attached hydrogens (tertiary/aromatic N) is 5. The number of hydrogen-bond donors (Lipinski definition) is 1. The van der Waals surface area contributed by atoms with Crippen molar-refractivity contribution in [2.45, 2.75) is 45.1 Å². The van der Waals surface area contributed by atoms with E-state index in [1.807, 2.05) is 46.4 Å². The number of benzene rings is 1. The first-order valence-corrected chi connectivity index (χ1v) is 13.6. The number of aromatic nitrogens is 4. The quantitative estimate of drug-likeness (QED) is 0.389. The van der Waals surface area contributed by atoms with E-state index in [4.69, 9.17) is 4.74 Å². The Labute approximate surface area is 218 Å². The maximum absolute atomic E-state index is 13.8. The monoisotopic (exact) mass is 519 g/mol. The molecule has 1 aromatic carbocycles. The highest BCUT2D eigenvalue weighted by Crippen LogP contribution is 2.34. The Morgan fingerprint density at radius 1 is 1.11 bits per heavy atom. The van der Waals surface area contributed by atoms with Gasteiger partial charge in [0, 0.05) is 42.1 Å². The number of hydrogen-bond acceptors (Lipinski definition) is 6. The van der Waals surface area contributed by atoms with E-state index in [2.05, 4.69) is 17.0 Å². The van der Waals surface area contributed by atoms with Gasteiger partial charge in [0.05, 0.1) is 24.0 Å². The third-order valence-corrected chi connectivity index (χ3v) is 8.32. The maximum atomic E-state index is 13.8. The van der Waals surface area contributed by atoms with Gasteiger partial charge in [-0.2, -0.15) is 0 Å². The molecule has 9 nitrogen and oxygen atoms in total. The van der Waals surface area contributed by atoms with Crippen LogP contribution in [0.3, 0.4) is 0 Å². The number of carbonyl (C=O) groups excluding carboxylic acids is 1. The summed E-state index contributed by atoms with van der Waals surface area (Å²) in [6, 6.07) is 7.45. The van der Waals surface area contributed by atoms with Crippen molar-refractivity contribution in [3.63, 3.8) is 0 Å². The van der Waals surface area contributed by atoms with Crippen LogP contribution in [-0.2, 0) is 9.53 Å². The zero-order valence-electron chi connectivity index (χ0n) is 20.6. The Morgan fingerprint density at radius 3 is 2.57 bits per heavy atom. The minimum atomic E-state index is -1.11. The predicted octanol–water partition coefficient (Wildman–Crippen LogP) is 4.89. The summed E-state index contributed by atoms with van der Waals surface area (Å²) in [5.41, 5.74) is 2.55. The third kappa shape index (κ3) is 4.55. The lowest BCUT2D eigenvalue weighted by Crippen LogP contribution is -2.46. The number of aromatic carboxylic acids is 1. The molecule has 1 aliphatic carbocycles. The fourth-order valence-electron chi connectivity index (χ4n) is 5.36. The van der Waals surface area contributed by atoms with Crippen LogP contribution >= 0.6 is 11.3 Å². The minimum Gasteiger partial charge on any atom is -0.477 e. The SMILES string of the molecule is CC1CCC(C(=O)N(c2nn(-c3ccc(-c4cn5ccsc5n4)cc3)cc2C(=O)O)C2CCOC2)CC1. The highest BCUT2D eigenvalue weighted by atomic mass is 32.1. The Bertz CT molecular complexity index is 1400. The number of fused-ring (bicyclic) bond motifs is 1. The molecule has 2 aliphatic rings. The van der Waals surface area contributed by atoms with E-state index in [-0.39, 0.29) is 29.2 Å². The molecule has 4 aromatic rings. The van der Waals surface area contributed by atoms with Crippen molar-refractivity contribution in [3.8, 4) is 16.9 Å². The Balaban J connectivity index is 1.33. The predicted molar refractivity (Wildman–Crippen MR) is 140 cm³/mol. The Hall–Kier alpha value is -3.50. The molecule has 2 fully saturated rings. The molecule has 1 amide bonds. The third-order valence-electron chi connectivity index (χ3n) is 7.55. The summed E-state index contributed by atoms with van der Waals surface area (Å²) in [6.45, 7) is 3.15. The second-order valence-corrected chi connectivity index (χ2v) is 10.9. The van der Waals surface area contributed by atoms with Gasteiger partial charge in [0.1, 0.15) is 5.56 Å². The number of carbonyl (C=O) groups is 2. The molecule has 1 atom stereocenters. The first-order chi connectivity index (χ1) is 18.0. The Kier molecular flexibility index (Phi) is 6.29. The van der Waals surface area contributed by atoms with Crippen molar-refractivity contribution >= 4 is 34.0 Å². The fraction of sp³-hybridized carbons (Fsp3) is 0.407. The van der Waals surface area contributed by atoms with Crippen LogP contribution in [0.2, 0.25) is 0 Å². The number of anilines is 1. The van der Waals surface area contributed by atoms with Gasteiger partial charge in [0.15, 0.2) is 10.8 Å². The van der Waals surface area contributed by atoms with Crippen LogP contribution in [0, 0.1) is 11.8 Å². The van der Waals surface area contributed by atoms with Gasteiger partial charge >= 0.3 is 5.97 Å². The van der Waals surface area contributed by atoms with Crippen LogP contribution in [0.15, 0.2) is 48.2 Å². The summed E-state index contributed by atoms with van der Waals surface area (Å²) < 4.78 is 9.13. The summed E-state index contributed by atoms with van der Waals surface area (Å²) in [4.78, 5) is 33.3. The molecule has 4 heterocycles. The first-order valence-electron chi connectivity index (χ1n) is 12.7. The average molecular weight is 520 g/mol. The molecule has 1 saturated carbocycles. The zero-order chi connectivity index (χ0) is 25.5. The molecule has 1 aliphatic heterocycles. The van der Waals surface area contributed by atoms with E-state index in [0.29, 0.717) is 31.2 Å². The summed E-state index contributed by atoms with van der Waals surface area (Å²) in [5.74, 6) is -0.449. The van der Waals surface area contributed by atoms with Crippen molar-refractivity contribution in [1.29, 1.82) is 0 Å². The van der Waals surface area contributed by atoms with Crippen molar-refractivity contribution in [3.05, 3.63) is 53.8 Å². The van der Waals surface area contributed by atoms with Crippen LogP contribution in [-0.4, -0.2) is 55.4 Å². The number of carboxylic acids is 1. The number of rotatable bonds is 6. The lowest BCUT2D eigenvalue weighted by atomic mass is 9.82. The smallest absolute Gasteiger partial charge is 0.341 e. The van der Waals surface area contributed by atoms with Gasteiger partial charge in [-0.05, 0) is 50.2 Å². The van der Waals surface area contributed by atoms with Gasteiger partial charge in [-0.1, -0.05) is 19.1 Å². The van der Waals surface area contributed by atoms with Crippen LogP contribution in [0.4, 0.5) is 5.82 Å². The number of ether oxygens (including phenoxy) is 1.